The van der Waals surface area contributed by atoms with E-state index in [0.717, 1.165) is 30.1 Å². The predicted molar refractivity (Wildman–Crippen MR) is 69.4 cm³/mol. The topological polar surface area (TPSA) is 21.3 Å². The average Bonchev–Trinajstić information content (AvgIpc) is 2.29. The summed E-state index contributed by atoms with van der Waals surface area (Å²) in [6.45, 7) is 2.70. The van der Waals surface area contributed by atoms with E-state index in [-0.39, 0.29) is 12.4 Å². The number of nitrogens with one attached hydrogen (secondary N) is 1. The minimum absolute atomic E-state index is 0. The fourth-order valence-electron chi connectivity index (χ4n) is 1.79. The van der Waals surface area contributed by atoms with Gasteiger partial charge in [-0.3, -0.25) is 0 Å². The van der Waals surface area contributed by atoms with Crippen molar-refractivity contribution < 1.29 is 4.74 Å². The van der Waals surface area contributed by atoms with Gasteiger partial charge in [0.25, 0.3) is 0 Å². The van der Waals surface area contributed by atoms with Crippen LogP contribution in [0.1, 0.15) is 18.4 Å². The van der Waals surface area contributed by atoms with Crippen LogP contribution in [0.25, 0.3) is 0 Å². The van der Waals surface area contributed by atoms with Gasteiger partial charge in [0, 0.05) is 11.6 Å². The maximum Gasteiger partial charge on any atom is 0.0735 e. The summed E-state index contributed by atoms with van der Waals surface area (Å²) in [6, 6.07) is 7.84. The van der Waals surface area contributed by atoms with Crippen LogP contribution in [0, 0.1) is 0 Å². The molecule has 4 heteroatoms. The molecule has 0 bridgehead atoms. The molecule has 0 amide bonds. The van der Waals surface area contributed by atoms with Crippen LogP contribution in [0.3, 0.4) is 0 Å². The van der Waals surface area contributed by atoms with Crippen molar-refractivity contribution in [2.75, 3.05) is 13.1 Å². The normalized spacial score (nSPS) is 20.2. The monoisotopic (exact) mass is 261 g/mol. The zero-order valence-electron chi connectivity index (χ0n) is 9.12. The molecule has 1 saturated heterocycles. The average molecular weight is 262 g/mol. The molecule has 1 aromatic carbocycles. The Morgan fingerprint density at radius 1 is 1.38 bits per heavy atom. The van der Waals surface area contributed by atoms with Crippen molar-refractivity contribution in [1.29, 1.82) is 0 Å². The Balaban J connectivity index is 0.00000128. The van der Waals surface area contributed by atoms with Crippen molar-refractivity contribution in [1.82, 2.24) is 5.32 Å². The summed E-state index contributed by atoms with van der Waals surface area (Å²) in [5.41, 5.74) is 1.07. The summed E-state index contributed by atoms with van der Waals surface area (Å²) in [5, 5.41) is 4.12. The minimum atomic E-state index is 0. The highest BCUT2D eigenvalue weighted by Crippen LogP contribution is 2.17. The van der Waals surface area contributed by atoms with Gasteiger partial charge in [0.15, 0.2) is 0 Å². The van der Waals surface area contributed by atoms with E-state index < -0.39 is 0 Å². The lowest BCUT2D eigenvalue weighted by Crippen LogP contribution is -2.35. The van der Waals surface area contributed by atoms with Gasteiger partial charge in [-0.05, 0) is 31.0 Å². The Morgan fingerprint density at radius 2 is 2.19 bits per heavy atom. The highest BCUT2D eigenvalue weighted by atomic mass is 35.5. The second kappa shape index (κ2) is 7.13. The van der Waals surface area contributed by atoms with Crippen molar-refractivity contribution >= 4 is 24.0 Å². The third-order valence-electron chi connectivity index (χ3n) is 2.68. The predicted octanol–water partition coefficient (Wildman–Crippen LogP) is 3.03. The summed E-state index contributed by atoms with van der Waals surface area (Å²) in [4.78, 5) is 0. The molecule has 0 aromatic heterocycles. The van der Waals surface area contributed by atoms with Crippen LogP contribution in [0.15, 0.2) is 24.3 Å². The van der Waals surface area contributed by atoms with E-state index in [9.17, 15) is 0 Å². The molecule has 2 nitrogen and oxygen atoms in total. The van der Waals surface area contributed by atoms with Gasteiger partial charge >= 0.3 is 0 Å². The zero-order chi connectivity index (χ0) is 10.5. The van der Waals surface area contributed by atoms with E-state index in [0.29, 0.717) is 12.7 Å². The second-order valence-electron chi connectivity index (χ2n) is 3.87. The number of hydrogen-bond acceptors (Lipinski definition) is 2. The van der Waals surface area contributed by atoms with Gasteiger partial charge in [0.05, 0.1) is 12.7 Å². The Labute approximate surface area is 108 Å². The molecular weight excluding hydrogens is 245 g/mol. The molecule has 0 saturated carbocycles. The largest absolute Gasteiger partial charge is 0.372 e. The van der Waals surface area contributed by atoms with Gasteiger partial charge in [-0.1, -0.05) is 29.8 Å². The zero-order valence-corrected chi connectivity index (χ0v) is 10.7. The van der Waals surface area contributed by atoms with E-state index in [4.69, 9.17) is 16.3 Å². The van der Waals surface area contributed by atoms with Crippen LogP contribution >= 0.6 is 24.0 Å². The maximum absolute atomic E-state index is 6.05. The van der Waals surface area contributed by atoms with Crippen LogP contribution in [0.5, 0.6) is 0 Å². The molecule has 90 valence electrons. The number of halogens is 2. The van der Waals surface area contributed by atoms with E-state index in [1.807, 2.05) is 24.3 Å². The van der Waals surface area contributed by atoms with Crippen molar-refractivity contribution in [2.24, 2.45) is 0 Å². The molecule has 1 N–H and O–H groups in total. The number of hydrogen-bond donors (Lipinski definition) is 1. The Kier molecular flexibility index (Phi) is 6.14. The fourth-order valence-corrected chi connectivity index (χ4v) is 1.98. The molecule has 0 radical (unpaired) electrons. The number of rotatable bonds is 3. The van der Waals surface area contributed by atoms with Gasteiger partial charge < -0.3 is 10.1 Å². The van der Waals surface area contributed by atoms with Crippen LogP contribution in [0.2, 0.25) is 5.02 Å². The summed E-state index contributed by atoms with van der Waals surface area (Å²) in [6.07, 6.45) is 2.69. The minimum Gasteiger partial charge on any atom is -0.372 e. The first-order valence-corrected chi connectivity index (χ1v) is 5.80. The first kappa shape index (κ1) is 13.8. The van der Waals surface area contributed by atoms with Gasteiger partial charge in [-0.15, -0.1) is 12.4 Å². The van der Waals surface area contributed by atoms with Crippen LogP contribution < -0.4 is 5.32 Å². The molecule has 1 unspecified atom stereocenters. The molecule has 1 aliphatic rings. The first-order chi connectivity index (χ1) is 7.36. The molecule has 0 aliphatic carbocycles. The van der Waals surface area contributed by atoms with Crippen LogP contribution in [0.4, 0.5) is 0 Å². The van der Waals surface area contributed by atoms with Crippen molar-refractivity contribution in [3.8, 4) is 0 Å². The fraction of sp³-hybridized carbons (Fsp3) is 0.500. The van der Waals surface area contributed by atoms with E-state index in [2.05, 4.69) is 5.32 Å². The van der Waals surface area contributed by atoms with Gasteiger partial charge in [-0.25, -0.2) is 0 Å². The number of benzene rings is 1. The Morgan fingerprint density at radius 3 is 2.88 bits per heavy atom. The lowest BCUT2D eigenvalue weighted by Gasteiger charge is -2.23. The van der Waals surface area contributed by atoms with Gasteiger partial charge in [-0.2, -0.15) is 0 Å². The van der Waals surface area contributed by atoms with Gasteiger partial charge in [0.2, 0.25) is 0 Å². The van der Waals surface area contributed by atoms with Crippen molar-refractivity contribution in [3.63, 3.8) is 0 Å². The summed E-state index contributed by atoms with van der Waals surface area (Å²) < 4.78 is 5.80. The lowest BCUT2D eigenvalue weighted by molar-refractivity contribution is 0.0253. The Hall–Kier alpha value is -0.280. The molecule has 1 aromatic rings. The SMILES string of the molecule is Cl.Clc1ccccc1COC1CCCNC1. The molecular formula is C12H17Cl2NO. The summed E-state index contributed by atoms with van der Waals surface area (Å²) >= 11 is 6.05. The van der Waals surface area contributed by atoms with E-state index in [1.54, 1.807) is 0 Å². The lowest BCUT2D eigenvalue weighted by atomic mass is 10.1. The smallest absolute Gasteiger partial charge is 0.0735 e. The summed E-state index contributed by atoms with van der Waals surface area (Å²) in [7, 11) is 0. The van der Waals surface area contributed by atoms with E-state index in [1.165, 1.54) is 6.42 Å². The molecule has 16 heavy (non-hydrogen) atoms. The van der Waals surface area contributed by atoms with Crippen LogP contribution in [-0.2, 0) is 11.3 Å². The molecule has 2 rings (SSSR count). The van der Waals surface area contributed by atoms with Crippen molar-refractivity contribution in [3.05, 3.63) is 34.9 Å². The molecule has 1 atom stereocenters. The molecule has 1 aliphatic heterocycles. The van der Waals surface area contributed by atoms with Crippen molar-refractivity contribution in [2.45, 2.75) is 25.6 Å². The number of piperidine rings is 1. The highest BCUT2D eigenvalue weighted by Gasteiger charge is 2.13. The van der Waals surface area contributed by atoms with Crippen LogP contribution in [-0.4, -0.2) is 19.2 Å². The first-order valence-electron chi connectivity index (χ1n) is 5.42. The molecule has 0 spiro atoms. The van der Waals surface area contributed by atoms with E-state index >= 15 is 0 Å². The van der Waals surface area contributed by atoms with Gasteiger partial charge in [0.1, 0.15) is 0 Å². The Bertz CT molecular complexity index is 314. The second-order valence-corrected chi connectivity index (χ2v) is 4.28. The molecule has 1 fully saturated rings. The highest BCUT2D eigenvalue weighted by molar-refractivity contribution is 6.31. The molecule has 1 heterocycles. The third-order valence-corrected chi connectivity index (χ3v) is 3.05. The quantitative estimate of drug-likeness (QED) is 0.904. The third kappa shape index (κ3) is 3.95. The summed E-state index contributed by atoms with van der Waals surface area (Å²) in [5.74, 6) is 0. The number of ether oxygens (including phenoxy) is 1. The maximum atomic E-state index is 6.05. The standard InChI is InChI=1S/C12H16ClNO.ClH/c13-12-6-2-1-4-10(12)9-15-11-5-3-7-14-8-11;/h1-2,4,6,11,14H,3,5,7-9H2;1H.